The van der Waals surface area contributed by atoms with E-state index in [0.717, 1.165) is 45.4 Å². The molecular weight excluding hydrogens is 324 g/mol. The highest BCUT2D eigenvalue weighted by atomic mass is 16.5. The first kappa shape index (κ1) is 19.0. The number of nitrogens with one attached hydrogen (secondary N) is 2. The van der Waals surface area contributed by atoms with Gasteiger partial charge in [0.15, 0.2) is 5.96 Å². The molecule has 0 spiro atoms. The highest BCUT2D eigenvalue weighted by molar-refractivity contribution is 5.79. The van der Waals surface area contributed by atoms with Crippen LogP contribution in [0.4, 0.5) is 5.69 Å². The normalized spacial score (nSPS) is 20.2. The number of hydrogen-bond donors (Lipinski definition) is 2. The van der Waals surface area contributed by atoms with E-state index in [2.05, 4.69) is 51.7 Å². The van der Waals surface area contributed by atoms with Crippen LogP contribution in [0.25, 0.3) is 0 Å². The van der Waals surface area contributed by atoms with Crippen molar-refractivity contribution in [3.8, 4) is 0 Å². The molecular formula is C21H34N4O. The molecule has 2 aliphatic rings. The van der Waals surface area contributed by atoms with Crippen molar-refractivity contribution in [2.24, 2.45) is 10.4 Å². The van der Waals surface area contributed by atoms with E-state index in [4.69, 9.17) is 4.74 Å². The maximum atomic E-state index is 5.43. The van der Waals surface area contributed by atoms with E-state index in [1.54, 1.807) is 0 Å². The van der Waals surface area contributed by atoms with Gasteiger partial charge in [-0.2, -0.15) is 0 Å². The summed E-state index contributed by atoms with van der Waals surface area (Å²) in [5, 5.41) is 7.01. The van der Waals surface area contributed by atoms with Crippen LogP contribution in [-0.2, 0) is 11.3 Å². The van der Waals surface area contributed by atoms with Gasteiger partial charge in [0.1, 0.15) is 0 Å². The number of aliphatic imine (C=N–C) groups is 1. The zero-order valence-corrected chi connectivity index (χ0v) is 16.4. The van der Waals surface area contributed by atoms with Gasteiger partial charge in [0, 0.05) is 38.9 Å². The van der Waals surface area contributed by atoms with E-state index in [9.17, 15) is 0 Å². The molecule has 1 aromatic rings. The zero-order valence-electron chi connectivity index (χ0n) is 16.4. The number of nitrogens with zero attached hydrogens (tertiary/aromatic N) is 2. The lowest BCUT2D eigenvalue weighted by Gasteiger charge is -2.29. The summed E-state index contributed by atoms with van der Waals surface area (Å²) in [5.74, 6) is 0.905. The van der Waals surface area contributed by atoms with Crippen molar-refractivity contribution in [3.05, 3.63) is 29.8 Å². The molecule has 144 valence electrons. The fourth-order valence-corrected chi connectivity index (χ4v) is 4.10. The van der Waals surface area contributed by atoms with Crippen LogP contribution in [-0.4, -0.2) is 45.9 Å². The number of ether oxygens (including phenoxy) is 1. The number of morpholine rings is 1. The quantitative estimate of drug-likeness (QED) is 0.606. The number of anilines is 1. The first-order chi connectivity index (χ1) is 12.7. The first-order valence-corrected chi connectivity index (χ1v) is 10.1. The number of benzene rings is 1. The lowest BCUT2D eigenvalue weighted by molar-refractivity contribution is 0.122. The Morgan fingerprint density at radius 2 is 1.81 bits per heavy atom. The zero-order chi connectivity index (χ0) is 18.2. The summed E-state index contributed by atoms with van der Waals surface area (Å²) >= 11 is 0. The van der Waals surface area contributed by atoms with Crippen molar-refractivity contribution in [2.45, 2.75) is 45.6 Å². The minimum atomic E-state index is 0.470. The topological polar surface area (TPSA) is 48.9 Å². The van der Waals surface area contributed by atoms with E-state index >= 15 is 0 Å². The molecule has 26 heavy (non-hydrogen) atoms. The van der Waals surface area contributed by atoms with E-state index in [0.29, 0.717) is 5.41 Å². The van der Waals surface area contributed by atoms with Gasteiger partial charge in [0.2, 0.25) is 0 Å². The van der Waals surface area contributed by atoms with E-state index in [1.807, 2.05) is 7.05 Å². The summed E-state index contributed by atoms with van der Waals surface area (Å²) in [4.78, 5) is 6.77. The predicted octanol–water partition coefficient (Wildman–Crippen LogP) is 3.16. The highest BCUT2D eigenvalue weighted by Gasteiger charge is 2.31. The summed E-state index contributed by atoms with van der Waals surface area (Å²) in [6.45, 7) is 7.75. The third kappa shape index (κ3) is 4.91. The van der Waals surface area contributed by atoms with E-state index in [-0.39, 0.29) is 0 Å². The Bertz CT molecular complexity index is 572. The lowest BCUT2D eigenvalue weighted by Crippen LogP contribution is -2.42. The van der Waals surface area contributed by atoms with Crippen LogP contribution in [0.3, 0.4) is 0 Å². The van der Waals surface area contributed by atoms with Gasteiger partial charge < -0.3 is 20.3 Å². The number of guanidine groups is 1. The summed E-state index contributed by atoms with van der Waals surface area (Å²) in [7, 11) is 1.85. The first-order valence-electron chi connectivity index (χ1n) is 10.1. The number of hydrogen-bond acceptors (Lipinski definition) is 3. The van der Waals surface area contributed by atoms with Crippen LogP contribution in [0.15, 0.2) is 29.3 Å². The Balaban J connectivity index is 1.47. The van der Waals surface area contributed by atoms with Crippen LogP contribution in [0, 0.1) is 5.41 Å². The molecule has 0 aromatic heterocycles. The van der Waals surface area contributed by atoms with Crippen molar-refractivity contribution in [2.75, 3.05) is 44.8 Å². The molecule has 0 bridgehead atoms. The molecule has 1 aromatic carbocycles. The predicted molar refractivity (Wildman–Crippen MR) is 109 cm³/mol. The van der Waals surface area contributed by atoms with Gasteiger partial charge in [0.05, 0.1) is 13.2 Å². The van der Waals surface area contributed by atoms with Crippen LogP contribution in [0.5, 0.6) is 0 Å². The molecule has 1 saturated heterocycles. The van der Waals surface area contributed by atoms with Gasteiger partial charge in [0.25, 0.3) is 0 Å². The molecule has 1 aliphatic heterocycles. The standard InChI is InChI=1S/C21H34N4O/c1-3-21(10-4-5-11-21)17-24-20(22-2)23-16-18-6-8-19(9-7-18)25-12-14-26-15-13-25/h6-9H,3-5,10-17H2,1-2H3,(H2,22,23,24). The van der Waals surface area contributed by atoms with Crippen molar-refractivity contribution >= 4 is 11.6 Å². The summed E-state index contributed by atoms with van der Waals surface area (Å²) in [6.07, 6.45) is 6.68. The Morgan fingerprint density at radius 3 is 2.42 bits per heavy atom. The SMILES string of the molecule is CCC1(CNC(=NC)NCc2ccc(N3CCOCC3)cc2)CCCC1. The van der Waals surface area contributed by atoms with E-state index in [1.165, 1.54) is 43.4 Å². The Labute approximate surface area is 158 Å². The maximum Gasteiger partial charge on any atom is 0.191 e. The Kier molecular flexibility index (Phi) is 6.78. The van der Waals surface area contributed by atoms with E-state index < -0.39 is 0 Å². The second-order valence-corrected chi connectivity index (χ2v) is 7.61. The van der Waals surface area contributed by atoms with Gasteiger partial charge in [-0.25, -0.2) is 0 Å². The van der Waals surface area contributed by atoms with Crippen LogP contribution < -0.4 is 15.5 Å². The average molecular weight is 359 g/mol. The molecule has 1 aliphatic carbocycles. The van der Waals surface area contributed by atoms with Crippen molar-refractivity contribution in [1.29, 1.82) is 0 Å². The largest absolute Gasteiger partial charge is 0.378 e. The summed E-state index contributed by atoms with van der Waals surface area (Å²) < 4.78 is 5.43. The molecule has 5 heteroatoms. The highest BCUT2D eigenvalue weighted by Crippen LogP contribution is 2.40. The molecule has 0 unspecified atom stereocenters. The second kappa shape index (κ2) is 9.26. The minimum absolute atomic E-state index is 0.470. The van der Waals surface area contributed by atoms with Crippen LogP contribution >= 0.6 is 0 Å². The molecule has 3 rings (SSSR count). The molecule has 0 atom stereocenters. The smallest absolute Gasteiger partial charge is 0.191 e. The molecule has 2 N–H and O–H groups in total. The molecule has 5 nitrogen and oxygen atoms in total. The second-order valence-electron chi connectivity index (χ2n) is 7.61. The molecule has 0 radical (unpaired) electrons. The minimum Gasteiger partial charge on any atom is -0.378 e. The lowest BCUT2D eigenvalue weighted by atomic mass is 9.83. The molecule has 1 heterocycles. The average Bonchev–Trinajstić information content (AvgIpc) is 3.19. The molecule has 2 fully saturated rings. The fourth-order valence-electron chi connectivity index (χ4n) is 4.10. The van der Waals surface area contributed by atoms with Gasteiger partial charge in [-0.05, 0) is 42.4 Å². The summed E-state index contributed by atoms with van der Waals surface area (Å²) in [6, 6.07) is 8.83. The number of rotatable bonds is 6. The van der Waals surface area contributed by atoms with Gasteiger partial charge in [-0.3, -0.25) is 4.99 Å². The molecule has 0 amide bonds. The van der Waals surface area contributed by atoms with Crippen molar-refractivity contribution < 1.29 is 4.74 Å². The van der Waals surface area contributed by atoms with Gasteiger partial charge in [-0.1, -0.05) is 31.9 Å². The molecule has 1 saturated carbocycles. The fraction of sp³-hybridized carbons (Fsp3) is 0.667. The third-order valence-corrected chi connectivity index (χ3v) is 6.04. The van der Waals surface area contributed by atoms with Crippen LogP contribution in [0.2, 0.25) is 0 Å². The maximum absolute atomic E-state index is 5.43. The van der Waals surface area contributed by atoms with Gasteiger partial charge in [-0.15, -0.1) is 0 Å². The van der Waals surface area contributed by atoms with Crippen LogP contribution in [0.1, 0.15) is 44.6 Å². The summed E-state index contributed by atoms with van der Waals surface area (Å²) in [5.41, 5.74) is 3.03. The van der Waals surface area contributed by atoms with Crippen molar-refractivity contribution in [1.82, 2.24) is 10.6 Å². The Morgan fingerprint density at radius 1 is 1.12 bits per heavy atom. The monoisotopic (exact) mass is 358 g/mol. The van der Waals surface area contributed by atoms with Gasteiger partial charge >= 0.3 is 0 Å². The van der Waals surface area contributed by atoms with Crippen molar-refractivity contribution in [3.63, 3.8) is 0 Å². The Hall–Kier alpha value is -1.75. The third-order valence-electron chi connectivity index (χ3n) is 6.04.